The molecule has 0 N–H and O–H groups in total. The summed E-state index contributed by atoms with van der Waals surface area (Å²) in [6.45, 7) is 1.91. The van der Waals surface area contributed by atoms with Crippen molar-refractivity contribution in [2.45, 2.75) is 12.6 Å². The minimum Gasteiger partial charge on any atom is -0.431 e. The predicted octanol–water partition coefficient (Wildman–Crippen LogP) is 3.93. The van der Waals surface area contributed by atoms with Gasteiger partial charge in [0.05, 0.1) is 11.3 Å². The molecule has 0 bridgehead atoms. The number of carbonyl (C=O) groups is 1. The van der Waals surface area contributed by atoms with E-state index >= 15 is 0 Å². The number of halogens is 1. The number of benzene rings is 2. The third kappa shape index (κ3) is 1.91. The lowest BCUT2D eigenvalue weighted by atomic mass is 9.98. The molecule has 0 aliphatic carbocycles. The molecule has 0 aromatic heterocycles. The molecule has 20 heavy (non-hydrogen) atoms. The van der Waals surface area contributed by atoms with Crippen molar-refractivity contribution < 1.29 is 9.53 Å². The van der Waals surface area contributed by atoms with Crippen LogP contribution in [-0.4, -0.2) is 13.0 Å². The quantitative estimate of drug-likeness (QED) is 0.741. The molecular weight excluding hydrogens is 318 g/mol. The van der Waals surface area contributed by atoms with Gasteiger partial charge in [-0.05, 0) is 25.1 Å². The van der Waals surface area contributed by atoms with E-state index in [9.17, 15) is 4.79 Å². The molecule has 2 aromatic rings. The van der Waals surface area contributed by atoms with Crippen molar-refractivity contribution in [2.75, 3.05) is 11.9 Å². The Morgan fingerprint density at radius 3 is 2.55 bits per heavy atom. The van der Waals surface area contributed by atoms with Crippen LogP contribution in [-0.2, 0) is 10.5 Å². The second kappa shape index (κ2) is 4.63. The molecule has 1 atom stereocenters. The van der Waals surface area contributed by atoms with Gasteiger partial charge in [-0.1, -0.05) is 46.3 Å². The Bertz CT molecular complexity index is 671. The first kappa shape index (κ1) is 13.2. The van der Waals surface area contributed by atoms with Crippen molar-refractivity contribution in [3.63, 3.8) is 0 Å². The van der Waals surface area contributed by atoms with Gasteiger partial charge in [0.1, 0.15) is 0 Å². The summed E-state index contributed by atoms with van der Waals surface area (Å²) >= 11 is 3.38. The highest BCUT2D eigenvalue weighted by molar-refractivity contribution is 9.10. The highest BCUT2D eigenvalue weighted by Crippen LogP contribution is 2.40. The molecule has 1 aliphatic heterocycles. The van der Waals surface area contributed by atoms with Crippen LogP contribution in [0.3, 0.4) is 0 Å². The molecular formula is C16H14BrNO2. The van der Waals surface area contributed by atoms with Crippen LogP contribution in [0.4, 0.5) is 5.69 Å². The smallest absolute Gasteiger partial charge is 0.342 e. The van der Waals surface area contributed by atoms with Crippen molar-refractivity contribution in [1.29, 1.82) is 0 Å². The van der Waals surface area contributed by atoms with Crippen LogP contribution in [0.25, 0.3) is 0 Å². The number of nitrogens with zero attached hydrogens (tertiary/aromatic N) is 1. The number of anilines is 1. The standard InChI is InChI=1S/C16H14BrNO2/c1-16(11-6-4-3-5-7-11)18(2)14-9-8-12(17)10-13(14)15(19)20-16/h3-10H,1-2H3/t16-/m1/s1. The lowest BCUT2D eigenvalue weighted by molar-refractivity contribution is -0.0165. The third-order valence-electron chi connectivity index (χ3n) is 3.78. The second-order valence-corrected chi connectivity index (χ2v) is 5.87. The molecule has 0 saturated carbocycles. The summed E-state index contributed by atoms with van der Waals surface area (Å²) in [5, 5.41) is 0. The Hall–Kier alpha value is -1.81. The summed E-state index contributed by atoms with van der Waals surface area (Å²) in [7, 11) is 1.94. The lowest BCUT2D eigenvalue weighted by Crippen LogP contribution is -2.49. The van der Waals surface area contributed by atoms with Gasteiger partial charge in [-0.25, -0.2) is 4.79 Å². The average Bonchev–Trinajstić information content (AvgIpc) is 2.46. The van der Waals surface area contributed by atoms with E-state index in [1.807, 2.05) is 61.3 Å². The van der Waals surface area contributed by atoms with E-state index in [1.54, 1.807) is 6.07 Å². The highest BCUT2D eigenvalue weighted by Gasteiger charge is 2.41. The summed E-state index contributed by atoms with van der Waals surface area (Å²) in [6.07, 6.45) is 0. The van der Waals surface area contributed by atoms with Gasteiger partial charge in [0.15, 0.2) is 0 Å². The van der Waals surface area contributed by atoms with Gasteiger partial charge in [-0.15, -0.1) is 0 Å². The number of hydrogen-bond donors (Lipinski definition) is 0. The fraction of sp³-hybridized carbons (Fsp3) is 0.188. The number of carbonyl (C=O) groups excluding carboxylic acids is 1. The largest absolute Gasteiger partial charge is 0.431 e. The molecule has 0 radical (unpaired) electrons. The summed E-state index contributed by atoms with van der Waals surface area (Å²) in [5.74, 6) is -0.300. The van der Waals surface area contributed by atoms with Gasteiger partial charge < -0.3 is 9.64 Å². The van der Waals surface area contributed by atoms with E-state index in [-0.39, 0.29) is 5.97 Å². The minimum absolute atomic E-state index is 0.300. The average molecular weight is 332 g/mol. The molecule has 0 amide bonds. The fourth-order valence-electron chi connectivity index (χ4n) is 2.50. The first-order valence-corrected chi connectivity index (χ1v) is 7.14. The number of cyclic esters (lactones) is 1. The highest BCUT2D eigenvalue weighted by atomic mass is 79.9. The molecule has 0 saturated heterocycles. The number of ether oxygens (including phenoxy) is 1. The van der Waals surface area contributed by atoms with Crippen LogP contribution in [0.1, 0.15) is 22.8 Å². The molecule has 1 aliphatic rings. The first-order chi connectivity index (χ1) is 9.52. The molecule has 3 rings (SSSR count). The summed E-state index contributed by atoms with van der Waals surface area (Å²) < 4.78 is 6.59. The maximum absolute atomic E-state index is 12.3. The van der Waals surface area contributed by atoms with E-state index in [1.165, 1.54) is 0 Å². The Morgan fingerprint density at radius 1 is 1.15 bits per heavy atom. The molecule has 4 heteroatoms. The van der Waals surface area contributed by atoms with Crippen LogP contribution in [0, 0.1) is 0 Å². The van der Waals surface area contributed by atoms with Gasteiger partial charge >= 0.3 is 5.97 Å². The Balaban J connectivity index is 2.14. The van der Waals surface area contributed by atoms with Crippen LogP contribution in [0.2, 0.25) is 0 Å². The van der Waals surface area contributed by atoms with Crippen molar-refractivity contribution in [3.8, 4) is 0 Å². The van der Waals surface area contributed by atoms with E-state index < -0.39 is 5.72 Å². The maximum Gasteiger partial charge on any atom is 0.342 e. The van der Waals surface area contributed by atoms with Gasteiger partial charge in [-0.2, -0.15) is 0 Å². The summed E-state index contributed by atoms with van der Waals surface area (Å²) in [4.78, 5) is 14.3. The Labute approximate surface area is 126 Å². The molecule has 2 aromatic carbocycles. The minimum atomic E-state index is -0.792. The first-order valence-electron chi connectivity index (χ1n) is 6.34. The van der Waals surface area contributed by atoms with Crippen molar-refractivity contribution >= 4 is 27.6 Å². The Kier molecular flexibility index (Phi) is 3.05. The number of rotatable bonds is 1. The van der Waals surface area contributed by atoms with Crippen LogP contribution in [0.5, 0.6) is 0 Å². The molecule has 0 unspecified atom stereocenters. The second-order valence-electron chi connectivity index (χ2n) is 4.96. The zero-order chi connectivity index (χ0) is 14.3. The fourth-order valence-corrected chi connectivity index (χ4v) is 2.86. The van der Waals surface area contributed by atoms with Gasteiger partial charge in [-0.3, -0.25) is 0 Å². The van der Waals surface area contributed by atoms with Crippen LogP contribution < -0.4 is 4.90 Å². The lowest BCUT2D eigenvalue weighted by Gasteiger charge is -2.43. The number of hydrogen-bond acceptors (Lipinski definition) is 3. The summed E-state index contributed by atoms with van der Waals surface area (Å²) in [6, 6.07) is 15.4. The SMILES string of the molecule is CN1c2ccc(Br)cc2C(=O)O[C@]1(C)c1ccccc1. The number of fused-ring (bicyclic) bond motifs is 1. The molecule has 0 spiro atoms. The summed E-state index contributed by atoms with van der Waals surface area (Å²) in [5.41, 5.74) is 1.61. The van der Waals surface area contributed by atoms with E-state index in [0.29, 0.717) is 5.56 Å². The van der Waals surface area contributed by atoms with E-state index in [2.05, 4.69) is 15.9 Å². The van der Waals surface area contributed by atoms with Crippen LogP contribution in [0.15, 0.2) is 53.0 Å². The van der Waals surface area contributed by atoms with E-state index in [4.69, 9.17) is 4.74 Å². The predicted molar refractivity (Wildman–Crippen MR) is 81.8 cm³/mol. The van der Waals surface area contributed by atoms with Gasteiger partial charge in [0, 0.05) is 17.1 Å². The molecule has 1 heterocycles. The van der Waals surface area contributed by atoms with Crippen molar-refractivity contribution in [1.82, 2.24) is 0 Å². The Morgan fingerprint density at radius 2 is 1.85 bits per heavy atom. The van der Waals surface area contributed by atoms with Crippen LogP contribution >= 0.6 is 15.9 Å². The van der Waals surface area contributed by atoms with Gasteiger partial charge in [0.25, 0.3) is 0 Å². The topological polar surface area (TPSA) is 29.5 Å². The molecule has 3 nitrogen and oxygen atoms in total. The molecule has 0 fully saturated rings. The monoisotopic (exact) mass is 331 g/mol. The van der Waals surface area contributed by atoms with Crippen molar-refractivity contribution in [3.05, 3.63) is 64.1 Å². The van der Waals surface area contributed by atoms with E-state index in [0.717, 1.165) is 15.7 Å². The zero-order valence-corrected chi connectivity index (χ0v) is 12.8. The third-order valence-corrected chi connectivity index (χ3v) is 4.27. The van der Waals surface area contributed by atoms with Crippen molar-refractivity contribution in [2.24, 2.45) is 0 Å². The normalized spacial score (nSPS) is 21.4. The molecule has 102 valence electrons. The van der Waals surface area contributed by atoms with Gasteiger partial charge in [0.2, 0.25) is 5.72 Å². The number of esters is 1. The zero-order valence-electron chi connectivity index (χ0n) is 11.3. The maximum atomic E-state index is 12.3.